The molecule has 2 atom stereocenters. The van der Waals surface area contributed by atoms with Crippen LogP contribution in [0.5, 0.6) is 0 Å². The van der Waals surface area contributed by atoms with Crippen molar-refractivity contribution in [3.05, 3.63) is 0 Å². The summed E-state index contributed by atoms with van der Waals surface area (Å²) in [7, 11) is 1.72. The molecule has 0 aromatic carbocycles. The maximum Gasteiger partial charge on any atom is 0.326 e. The maximum absolute atomic E-state index is 12.4. The van der Waals surface area contributed by atoms with Gasteiger partial charge in [-0.2, -0.15) is 0 Å². The van der Waals surface area contributed by atoms with Crippen LogP contribution in [-0.4, -0.2) is 64.3 Å². The van der Waals surface area contributed by atoms with Gasteiger partial charge in [0.1, 0.15) is 6.04 Å². The Kier molecular flexibility index (Phi) is 4.86. The number of hydrogen-bond acceptors (Lipinski definition) is 3. The Morgan fingerprint density at radius 1 is 1.25 bits per heavy atom. The molecule has 1 aliphatic heterocycles. The highest BCUT2D eigenvalue weighted by Gasteiger charge is 2.40. The Labute approximate surface area is 119 Å². The Morgan fingerprint density at radius 3 is 2.50 bits per heavy atom. The molecule has 2 aliphatic rings. The van der Waals surface area contributed by atoms with E-state index in [0.29, 0.717) is 12.5 Å². The molecule has 2 rings (SSSR count). The van der Waals surface area contributed by atoms with Crippen LogP contribution in [0.15, 0.2) is 0 Å². The first-order valence-corrected chi connectivity index (χ1v) is 7.41. The zero-order valence-electron chi connectivity index (χ0n) is 12.0. The number of likely N-dealkylation sites (tertiary alicyclic amines) is 1. The van der Waals surface area contributed by atoms with E-state index in [1.54, 1.807) is 11.9 Å². The molecule has 0 spiro atoms. The first kappa shape index (κ1) is 15.1. The minimum Gasteiger partial charge on any atom is -0.480 e. The molecule has 0 unspecified atom stereocenters. The van der Waals surface area contributed by atoms with Gasteiger partial charge in [0.25, 0.3) is 0 Å². The van der Waals surface area contributed by atoms with Crippen molar-refractivity contribution in [2.75, 3.05) is 20.1 Å². The zero-order chi connectivity index (χ0) is 14.7. The van der Waals surface area contributed by atoms with Gasteiger partial charge in [0.05, 0.1) is 6.10 Å². The molecule has 6 nitrogen and oxygen atoms in total. The van der Waals surface area contributed by atoms with Crippen molar-refractivity contribution in [3.63, 3.8) is 0 Å². The van der Waals surface area contributed by atoms with Crippen LogP contribution in [0.3, 0.4) is 0 Å². The SMILES string of the molecule is CN(CC1CCCCC1)C(=O)N1C[C@@H](O)C[C@H]1C(=O)O. The van der Waals surface area contributed by atoms with Gasteiger partial charge in [-0.1, -0.05) is 19.3 Å². The van der Waals surface area contributed by atoms with Gasteiger partial charge < -0.3 is 20.0 Å². The summed E-state index contributed by atoms with van der Waals surface area (Å²) in [6.07, 6.45) is 5.37. The van der Waals surface area contributed by atoms with Crippen molar-refractivity contribution in [3.8, 4) is 0 Å². The monoisotopic (exact) mass is 284 g/mol. The summed E-state index contributed by atoms with van der Waals surface area (Å²) in [6, 6.07) is -1.18. The molecule has 1 saturated heterocycles. The van der Waals surface area contributed by atoms with Crippen LogP contribution in [0.4, 0.5) is 4.79 Å². The summed E-state index contributed by atoms with van der Waals surface area (Å²) < 4.78 is 0. The lowest BCUT2D eigenvalue weighted by atomic mass is 9.89. The normalized spacial score (nSPS) is 27.6. The third kappa shape index (κ3) is 3.42. The van der Waals surface area contributed by atoms with E-state index in [9.17, 15) is 14.7 Å². The van der Waals surface area contributed by atoms with Gasteiger partial charge in [-0.05, 0) is 18.8 Å². The molecule has 0 aromatic heterocycles. The molecule has 2 N–H and O–H groups in total. The molecule has 114 valence electrons. The average Bonchev–Trinajstić information content (AvgIpc) is 2.81. The fourth-order valence-electron chi connectivity index (χ4n) is 3.31. The lowest BCUT2D eigenvalue weighted by Crippen LogP contribution is -2.48. The fourth-order valence-corrected chi connectivity index (χ4v) is 3.31. The molecular formula is C14H24N2O4. The van der Waals surface area contributed by atoms with Crippen LogP contribution in [0.25, 0.3) is 0 Å². The van der Waals surface area contributed by atoms with Crippen molar-refractivity contribution < 1.29 is 19.8 Å². The van der Waals surface area contributed by atoms with E-state index in [0.717, 1.165) is 12.8 Å². The summed E-state index contributed by atoms with van der Waals surface area (Å²) in [5.74, 6) is -0.519. The third-order valence-electron chi connectivity index (χ3n) is 4.39. The number of urea groups is 1. The van der Waals surface area contributed by atoms with Crippen LogP contribution >= 0.6 is 0 Å². The smallest absolute Gasteiger partial charge is 0.326 e. The van der Waals surface area contributed by atoms with Gasteiger partial charge in [-0.25, -0.2) is 9.59 Å². The summed E-state index contributed by atoms with van der Waals surface area (Å²) in [5, 5.41) is 18.7. The van der Waals surface area contributed by atoms with Crippen LogP contribution in [0.2, 0.25) is 0 Å². The summed E-state index contributed by atoms with van der Waals surface area (Å²) >= 11 is 0. The highest BCUT2D eigenvalue weighted by Crippen LogP contribution is 2.25. The predicted octanol–water partition coefficient (Wildman–Crippen LogP) is 1.14. The molecule has 0 bridgehead atoms. The largest absolute Gasteiger partial charge is 0.480 e. The third-order valence-corrected chi connectivity index (χ3v) is 4.39. The number of carboxylic acid groups (broad SMARTS) is 1. The van der Waals surface area contributed by atoms with Gasteiger partial charge in [-0.15, -0.1) is 0 Å². The quantitative estimate of drug-likeness (QED) is 0.814. The van der Waals surface area contributed by atoms with E-state index in [1.165, 1.54) is 24.2 Å². The molecule has 6 heteroatoms. The Hall–Kier alpha value is -1.30. The molecule has 1 saturated carbocycles. The van der Waals surface area contributed by atoms with Gasteiger partial charge in [-0.3, -0.25) is 0 Å². The van der Waals surface area contributed by atoms with Crippen molar-refractivity contribution in [2.45, 2.75) is 50.7 Å². The number of aliphatic hydroxyl groups is 1. The van der Waals surface area contributed by atoms with Crippen LogP contribution in [-0.2, 0) is 4.79 Å². The van der Waals surface area contributed by atoms with Crippen molar-refractivity contribution in [2.24, 2.45) is 5.92 Å². The topological polar surface area (TPSA) is 81.1 Å². The highest BCUT2D eigenvalue weighted by atomic mass is 16.4. The lowest BCUT2D eigenvalue weighted by Gasteiger charge is -2.31. The number of nitrogens with zero attached hydrogens (tertiary/aromatic N) is 2. The Bertz CT molecular complexity index is 368. The van der Waals surface area contributed by atoms with E-state index < -0.39 is 18.1 Å². The summed E-state index contributed by atoms with van der Waals surface area (Å²) in [5.41, 5.74) is 0. The fraction of sp³-hybridized carbons (Fsp3) is 0.857. The predicted molar refractivity (Wildman–Crippen MR) is 73.4 cm³/mol. The molecular weight excluding hydrogens is 260 g/mol. The van der Waals surface area contributed by atoms with Crippen molar-refractivity contribution >= 4 is 12.0 Å². The van der Waals surface area contributed by atoms with Crippen molar-refractivity contribution in [1.82, 2.24) is 9.80 Å². The van der Waals surface area contributed by atoms with Gasteiger partial charge >= 0.3 is 12.0 Å². The molecule has 2 fully saturated rings. The van der Waals surface area contributed by atoms with E-state index in [1.807, 2.05) is 0 Å². The molecule has 20 heavy (non-hydrogen) atoms. The maximum atomic E-state index is 12.4. The molecule has 1 aliphatic carbocycles. The number of β-amino-alcohol motifs (C(OH)–C–C–N with tert-alkyl or cyclic N) is 1. The molecule has 0 radical (unpaired) electrons. The minimum atomic E-state index is -1.04. The van der Waals surface area contributed by atoms with Crippen LogP contribution < -0.4 is 0 Å². The second-order valence-corrected chi connectivity index (χ2v) is 6.06. The van der Waals surface area contributed by atoms with E-state index in [2.05, 4.69) is 0 Å². The number of aliphatic carboxylic acids is 1. The molecule has 1 heterocycles. The van der Waals surface area contributed by atoms with Crippen LogP contribution in [0, 0.1) is 5.92 Å². The second-order valence-electron chi connectivity index (χ2n) is 6.06. The first-order valence-electron chi connectivity index (χ1n) is 7.41. The second kappa shape index (κ2) is 6.43. The summed E-state index contributed by atoms with van der Waals surface area (Å²) in [6.45, 7) is 0.794. The number of carboxylic acids is 1. The number of hydrogen-bond donors (Lipinski definition) is 2. The average molecular weight is 284 g/mol. The molecule has 0 aromatic rings. The number of amides is 2. The van der Waals surface area contributed by atoms with Gasteiger partial charge in [0.15, 0.2) is 0 Å². The molecule has 2 amide bonds. The Morgan fingerprint density at radius 2 is 1.90 bits per heavy atom. The standard InChI is InChI=1S/C14H24N2O4/c1-15(8-10-5-3-2-4-6-10)14(20)16-9-11(17)7-12(16)13(18)19/h10-12,17H,2-9H2,1H3,(H,18,19)/t11-,12-/m0/s1. The number of aliphatic hydroxyl groups excluding tert-OH is 1. The number of carbonyl (C=O) groups excluding carboxylic acids is 1. The van der Waals surface area contributed by atoms with Gasteiger partial charge in [0.2, 0.25) is 0 Å². The van der Waals surface area contributed by atoms with Gasteiger partial charge in [0, 0.05) is 26.6 Å². The van der Waals surface area contributed by atoms with E-state index >= 15 is 0 Å². The lowest BCUT2D eigenvalue weighted by molar-refractivity contribution is -0.141. The Balaban J connectivity index is 1.93. The van der Waals surface area contributed by atoms with Crippen LogP contribution in [0.1, 0.15) is 38.5 Å². The van der Waals surface area contributed by atoms with E-state index in [4.69, 9.17) is 5.11 Å². The first-order chi connectivity index (χ1) is 9.49. The summed E-state index contributed by atoms with van der Waals surface area (Å²) in [4.78, 5) is 26.4. The van der Waals surface area contributed by atoms with Crippen molar-refractivity contribution in [1.29, 1.82) is 0 Å². The van der Waals surface area contributed by atoms with E-state index in [-0.39, 0.29) is 19.0 Å². The number of rotatable bonds is 3. The zero-order valence-corrected chi connectivity index (χ0v) is 12.0. The highest BCUT2D eigenvalue weighted by molar-refractivity contribution is 5.83. The number of carbonyl (C=O) groups is 2. The minimum absolute atomic E-state index is 0.116.